The maximum atomic E-state index is 9.76. The number of rotatable bonds is 3. The molecule has 0 radical (unpaired) electrons. The van der Waals surface area contributed by atoms with Crippen LogP contribution in [0.5, 0.6) is 0 Å². The Morgan fingerprint density at radius 2 is 1.97 bits per heavy atom. The van der Waals surface area contributed by atoms with E-state index in [0.29, 0.717) is 11.3 Å². The molecule has 5 aromatic rings. The van der Waals surface area contributed by atoms with Gasteiger partial charge in [0.15, 0.2) is 0 Å². The molecule has 0 amide bonds. The number of pyridine rings is 1. The van der Waals surface area contributed by atoms with Crippen molar-refractivity contribution >= 4 is 33.3 Å². The number of aryl methyl sites for hydroxylation is 1. The van der Waals surface area contributed by atoms with E-state index >= 15 is 0 Å². The first kappa shape index (κ1) is 20.8. The zero-order valence-electron chi connectivity index (χ0n) is 18.1. The number of fused-ring (bicyclic) bond motifs is 2. The first-order chi connectivity index (χ1) is 14.6. The average molecular weight is 417 g/mol. The molecule has 2 aromatic carbocycles. The van der Waals surface area contributed by atoms with E-state index in [1.54, 1.807) is 18.5 Å². The van der Waals surface area contributed by atoms with Gasteiger partial charge in [0.1, 0.15) is 11.8 Å². The molecule has 0 saturated carbocycles. The summed E-state index contributed by atoms with van der Waals surface area (Å²) in [6.07, 6.45) is 8.24. The molecule has 0 bridgehead atoms. The predicted octanol–water partition coefficient (Wildman–Crippen LogP) is 1.05. The van der Waals surface area contributed by atoms with Crippen LogP contribution in [0.4, 0.5) is 11.4 Å². The number of nitriles is 1. The van der Waals surface area contributed by atoms with E-state index in [1.807, 2.05) is 25.4 Å². The van der Waals surface area contributed by atoms with E-state index in [0.717, 1.165) is 38.1 Å². The molecule has 0 spiro atoms. The average Bonchev–Trinajstić information content (AvgIpc) is 3.13. The molecule has 2 N–H and O–H groups in total. The van der Waals surface area contributed by atoms with Crippen LogP contribution in [-0.4, -0.2) is 19.7 Å². The molecule has 0 aliphatic heterocycles. The molecule has 0 aliphatic rings. The van der Waals surface area contributed by atoms with E-state index in [1.165, 1.54) is 17.8 Å². The van der Waals surface area contributed by atoms with E-state index in [4.69, 9.17) is 0 Å². The second kappa shape index (κ2) is 8.36. The normalized spacial score (nSPS) is 10.6. The van der Waals surface area contributed by atoms with Gasteiger partial charge in [-0.05, 0) is 35.2 Å². The van der Waals surface area contributed by atoms with Gasteiger partial charge in [-0.1, -0.05) is 12.1 Å². The van der Waals surface area contributed by atoms with Crippen molar-refractivity contribution in [1.29, 1.82) is 5.26 Å². The van der Waals surface area contributed by atoms with Gasteiger partial charge >= 0.3 is 29.6 Å². The Labute approximate surface area is 202 Å². The van der Waals surface area contributed by atoms with Gasteiger partial charge in [0.25, 0.3) is 0 Å². The SMILES string of the molecule is Cn1ccc2ccc(-c3cc(Nc4c[n+](O)ccc4C#N)cc4nccnc34)cc21.[H-].[Na+]. The largest absolute Gasteiger partial charge is 1.00 e. The fraction of sp³-hybridized carbons (Fsp3) is 0.0435. The number of benzene rings is 2. The summed E-state index contributed by atoms with van der Waals surface area (Å²) in [6, 6.07) is 15.9. The van der Waals surface area contributed by atoms with Crippen LogP contribution in [0.3, 0.4) is 0 Å². The topological polar surface area (TPSA) is 90.6 Å². The van der Waals surface area contributed by atoms with Crippen LogP contribution >= 0.6 is 0 Å². The number of nitrogens with one attached hydrogen (secondary N) is 1. The van der Waals surface area contributed by atoms with Crippen LogP contribution in [0.1, 0.15) is 6.99 Å². The molecule has 31 heavy (non-hydrogen) atoms. The van der Waals surface area contributed by atoms with Gasteiger partial charge in [-0.3, -0.25) is 15.2 Å². The van der Waals surface area contributed by atoms with Crippen LogP contribution in [0.2, 0.25) is 0 Å². The standard InChI is InChI=1S/C23H17N6O.Na.H/c1-28-8-4-15-2-3-16(10-22(15)28)19-11-18(12-20-23(19)26-7-6-25-20)27-21-14-29(30)9-5-17(21)13-24;;/h2-12,14,27,30H,1H3;;/q2*+1;-1. The van der Waals surface area contributed by atoms with Crippen LogP contribution in [0.15, 0.2) is 73.4 Å². The number of anilines is 2. The molecule has 0 aliphatic carbocycles. The molecule has 0 fully saturated rings. The molecular weight excluding hydrogens is 399 g/mol. The fourth-order valence-corrected chi connectivity index (χ4v) is 3.64. The van der Waals surface area contributed by atoms with E-state index in [-0.39, 0.29) is 31.0 Å². The van der Waals surface area contributed by atoms with Crippen molar-refractivity contribution in [2.24, 2.45) is 7.05 Å². The number of aromatic nitrogens is 4. The molecule has 0 atom stereocenters. The molecule has 0 saturated heterocycles. The molecule has 146 valence electrons. The van der Waals surface area contributed by atoms with Crippen LogP contribution in [0.25, 0.3) is 33.1 Å². The third kappa shape index (κ3) is 3.84. The Bertz CT molecular complexity index is 1480. The number of nitrogens with zero attached hydrogens (tertiary/aromatic N) is 5. The molecule has 3 aromatic heterocycles. The summed E-state index contributed by atoms with van der Waals surface area (Å²) in [5, 5.41) is 23.6. The Hall–Kier alpha value is -3.44. The number of hydrogen-bond acceptors (Lipinski definition) is 5. The molecule has 8 heteroatoms. The van der Waals surface area contributed by atoms with Crippen LogP contribution in [-0.2, 0) is 7.05 Å². The second-order valence-electron chi connectivity index (χ2n) is 7.04. The Balaban J connectivity index is 0.00000144. The Kier molecular flexibility index (Phi) is 5.61. The minimum Gasteiger partial charge on any atom is -1.00 e. The number of hydrogen-bond donors (Lipinski definition) is 2. The molecule has 0 unspecified atom stereocenters. The van der Waals surface area contributed by atoms with Crippen molar-refractivity contribution in [3.63, 3.8) is 0 Å². The first-order valence-electron chi connectivity index (χ1n) is 9.34. The molecule has 7 nitrogen and oxygen atoms in total. The maximum absolute atomic E-state index is 9.76. The van der Waals surface area contributed by atoms with E-state index < -0.39 is 0 Å². The van der Waals surface area contributed by atoms with E-state index in [9.17, 15) is 10.5 Å². The van der Waals surface area contributed by atoms with Crippen molar-refractivity contribution in [3.05, 3.63) is 79.0 Å². The summed E-state index contributed by atoms with van der Waals surface area (Å²) in [4.78, 5) is 9.02. The molecular formula is C23H18N6NaO+. The van der Waals surface area contributed by atoms with Gasteiger partial charge in [0.2, 0.25) is 12.4 Å². The second-order valence-corrected chi connectivity index (χ2v) is 7.04. The smallest absolute Gasteiger partial charge is 1.00 e. The first-order valence-corrected chi connectivity index (χ1v) is 9.34. The third-order valence-electron chi connectivity index (χ3n) is 5.12. The minimum absolute atomic E-state index is 0. The Morgan fingerprint density at radius 3 is 2.81 bits per heavy atom. The molecule has 5 rings (SSSR count). The minimum atomic E-state index is 0. The van der Waals surface area contributed by atoms with Gasteiger partial charge < -0.3 is 11.3 Å². The fourth-order valence-electron chi connectivity index (χ4n) is 3.64. The van der Waals surface area contributed by atoms with Gasteiger partial charge in [-0.25, -0.2) is 0 Å². The van der Waals surface area contributed by atoms with Crippen molar-refractivity contribution in [2.75, 3.05) is 5.32 Å². The van der Waals surface area contributed by atoms with Crippen molar-refractivity contribution < 1.29 is 40.9 Å². The summed E-state index contributed by atoms with van der Waals surface area (Å²) in [5.74, 6) is 0. The quantitative estimate of drug-likeness (QED) is 0.260. The monoisotopic (exact) mass is 417 g/mol. The zero-order chi connectivity index (χ0) is 20.7. The van der Waals surface area contributed by atoms with Gasteiger partial charge in [0.05, 0.1) is 16.6 Å². The molecule has 3 heterocycles. The van der Waals surface area contributed by atoms with Crippen molar-refractivity contribution in [3.8, 4) is 17.2 Å². The summed E-state index contributed by atoms with van der Waals surface area (Å²) >= 11 is 0. The third-order valence-corrected chi connectivity index (χ3v) is 5.12. The van der Waals surface area contributed by atoms with Gasteiger partial charge in [-0.15, -0.1) is 0 Å². The van der Waals surface area contributed by atoms with Crippen LogP contribution < -0.4 is 39.6 Å². The summed E-state index contributed by atoms with van der Waals surface area (Å²) < 4.78 is 2.99. The van der Waals surface area contributed by atoms with Crippen molar-refractivity contribution in [1.82, 2.24) is 14.5 Å². The van der Waals surface area contributed by atoms with Gasteiger partial charge in [0, 0.05) is 53.2 Å². The summed E-state index contributed by atoms with van der Waals surface area (Å²) in [6.45, 7) is 0. The predicted molar refractivity (Wildman–Crippen MR) is 114 cm³/mol. The summed E-state index contributed by atoms with van der Waals surface area (Å²) in [7, 11) is 2.02. The Morgan fingerprint density at radius 1 is 1.13 bits per heavy atom. The maximum Gasteiger partial charge on any atom is 1.00 e. The van der Waals surface area contributed by atoms with Crippen molar-refractivity contribution in [2.45, 2.75) is 0 Å². The summed E-state index contributed by atoms with van der Waals surface area (Å²) in [5.41, 5.74) is 6.26. The zero-order valence-corrected chi connectivity index (χ0v) is 19.1. The van der Waals surface area contributed by atoms with Crippen LogP contribution in [0, 0.1) is 11.3 Å². The van der Waals surface area contributed by atoms with Gasteiger partial charge in [-0.2, -0.15) is 5.26 Å². The van der Waals surface area contributed by atoms with E-state index in [2.05, 4.69) is 50.2 Å².